The van der Waals surface area contributed by atoms with Crippen LogP contribution in [0.4, 0.5) is 14.5 Å². The Morgan fingerprint density at radius 1 is 1.29 bits per heavy atom. The van der Waals surface area contributed by atoms with Crippen molar-refractivity contribution in [1.82, 2.24) is 9.78 Å². The minimum atomic E-state index is -0.712. The molecule has 6 heteroatoms. The molecule has 17 heavy (non-hydrogen) atoms. The van der Waals surface area contributed by atoms with Gasteiger partial charge in [0.2, 0.25) is 0 Å². The van der Waals surface area contributed by atoms with Crippen LogP contribution >= 0.6 is 0 Å². The van der Waals surface area contributed by atoms with Crippen molar-refractivity contribution in [1.29, 1.82) is 0 Å². The molecule has 1 heterocycles. The normalized spacial score (nSPS) is 10.5. The van der Waals surface area contributed by atoms with Gasteiger partial charge in [-0.3, -0.25) is 4.79 Å². The van der Waals surface area contributed by atoms with Crippen molar-refractivity contribution < 1.29 is 8.78 Å². The van der Waals surface area contributed by atoms with Gasteiger partial charge in [-0.05, 0) is 6.07 Å². The quantitative estimate of drug-likeness (QED) is 0.852. The lowest BCUT2D eigenvalue weighted by molar-refractivity contribution is 0.551. The second-order valence-corrected chi connectivity index (χ2v) is 3.52. The molecule has 0 amide bonds. The maximum atomic E-state index is 13.3. The summed E-state index contributed by atoms with van der Waals surface area (Å²) in [6.07, 6.45) is 1.29. The van der Waals surface area contributed by atoms with Crippen molar-refractivity contribution in [2.75, 3.05) is 5.73 Å². The van der Waals surface area contributed by atoms with Crippen molar-refractivity contribution in [3.63, 3.8) is 0 Å². The van der Waals surface area contributed by atoms with Crippen LogP contribution in [-0.4, -0.2) is 9.78 Å². The summed E-state index contributed by atoms with van der Waals surface area (Å²) in [7, 11) is 0. The van der Waals surface area contributed by atoms with Crippen LogP contribution in [0.3, 0.4) is 0 Å². The highest BCUT2D eigenvalue weighted by Gasteiger charge is 2.06. The molecule has 1 aromatic carbocycles. The van der Waals surface area contributed by atoms with Crippen LogP contribution < -0.4 is 11.3 Å². The molecule has 0 bridgehead atoms. The lowest BCUT2D eigenvalue weighted by Gasteiger charge is -2.05. The first-order chi connectivity index (χ1) is 8.06. The van der Waals surface area contributed by atoms with E-state index < -0.39 is 17.2 Å². The second-order valence-electron chi connectivity index (χ2n) is 3.52. The van der Waals surface area contributed by atoms with E-state index >= 15 is 0 Å². The van der Waals surface area contributed by atoms with Crippen LogP contribution in [-0.2, 0) is 6.54 Å². The Morgan fingerprint density at radius 3 is 2.71 bits per heavy atom. The van der Waals surface area contributed by atoms with E-state index in [1.165, 1.54) is 18.3 Å². The fourth-order valence-corrected chi connectivity index (χ4v) is 1.38. The van der Waals surface area contributed by atoms with Gasteiger partial charge in [-0.1, -0.05) is 6.07 Å². The molecule has 1 aromatic heterocycles. The van der Waals surface area contributed by atoms with E-state index in [-0.39, 0.29) is 17.8 Å². The zero-order valence-electron chi connectivity index (χ0n) is 8.73. The molecule has 0 atom stereocenters. The topological polar surface area (TPSA) is 60.9 Å². The van der Waals surface area contributed by atoms with Crippen molar-refractivity contribution in [3.05, 3.63) is 58.0 Å². The Balaban J connectivity index is 2.35. The molecule has 0 aliphatic rings. The maximum Gasteiger partial charge on any atom is 0.269 e. The second kappa shape index (κ2) is 4.32. The average molecular weight is 237 g/mol. The molecular formula is C11H9F2N3O. The van der Waals surface area contributed by atoms with Crippen LogP contribution in [0.15, 0.2) is 35.3 Å². The molecule has 4 nitrogen and oxygen atoms in total. The zero-order valence-corrected chi connectivity index (χ0v) is 8.73. The molecule has 2 rings (SSSR count). The Labute approximate surface area is 95.3 Å². The van der Waals surface area contributed by atoms with Gasteiger partial charge in [0.25, 0.3) is 5.56 Å². The maximum absolute atomic E-state index is 13.3. The standard InChI is InChI=1S/C11H9F2N3O/c12-8-2-1-7(10(13)3-8)6-16-11(17)4-9(14)5-15-16/h1-5H,6,14H2. The summed E-state index contributed by atoms with van der Waals surface area (Å²) in [4.78, 5) is 11.4. The molecule has 0 spiro atoms. The number of rotatable bonds is 2. The predicted molar refractivity (Wildman–Crippen MR) is 58.4 cm³/mol. The Morgan fingerprint density at radius 2 is 2.06 bits per heavy atom. The number of aromatic nitrogens is 2. The molecule has 2 N–H and O–H groups in total. The van der Waals surface area contributed by atoms with Gasteiger partial charge in [0.1, 0.15) is 11.6 Å². The molecule has 0 aliphatic carbocycles. The lowest BCUT2D eigenvalue weighted by Crippen LogP contribution is -2.23. The van der Waals surface area contributed by atoms with Gasteiger partial charge in [0.15, 0.2) is 0 Å². The highest BCUT2D eigenvalue weighted by Crippen LogP contribution is 2.10. The number of benzene rings is 1. The zero-order chi connectivity index (χ0) is 12.4. The number of halogens is 2. The first-order valence-electron chi connectivity index (χ1n) is 4.83. The fraction of sp³-hybridized carbons (Fsp3) is 0.0909. The highest BCUT2D eigenvalue weighted by atomic mass is 19.1. The summed E-state index contributed by atoms with van der Waals surface area (Å²) < 4.78 is 27.1. The lowest BCUT2D eigenvalue weighted by atomic mass is 10.2. The summed E-state index contributed by atoms with van der Waals surface area (Å²) in [5.41, 5.74) is 5.36. The number of nitrogens with two attached hydrogens (primary N) is 1. The number of hydrogen-bond donors (Lipinski definition) is 1. The molecule has 0 saturated heterocycles. The Kier molecular flexibility index (Phi) is 2.86. The van der Waals surface area contributed by atoms with E-state index in [1.807, 2.05) is 0 Å². The summed E-state index contributed by atoms with van der Waals surface area (Å²) in [6.45, 7) is -0.0643. The van der Waals surface area contributed by atoms with Crippen molar-refractivity contribution in [2.45, 2.75) is 6.54 Å². The predicted octanol–water partition coefficient (Wildman–Crippen LogP) is 1.15. The first kappa shape index (κ1) is 11.3. The fourth-order valence-electron chi connectivity index (χ4n) is 1.38. The minimum Gasteiger partial charge on any atom is -0.397 e. The Hall–Kier alpha value is -2.24. The molecule has 0 radical (unpaired) electrons. The first-order valence-corrected chi connectivity index (χ1v) is 4.83. The van der Waals surface area contributed by atoms with Gasteiger partial charge in [-0.15, -0.1) is 0 Å². The van der Waals surface area contributed by atoms with Crippen molar-refractivity contribution in [3.8, 4) is 0 Å². The number of nitrogen functional groups attached to an aromatic ring is 1. The van der Waals surface area contributed by atoms with Crippen molar-refractivity contribution in [2.24, 2.45) is 0 Å². The molecule has 0 aliphatic heterocycles. The third kappa shape index (κ3) is 2.47. The molecule has 2 aromatic rings. The number of anilines is 1. The van der Waals surface area contributed by atoms with Gasteiger partial charge < -0.3 is 5.73 Å². The molecular weight excluding hydrogens is 228 g/mol. The third-order valence-electron chi connectivity index (χ3n) is 2.23. The van der Waals surface area contributed by atoms with Gasteiger partial charge in [0.05, 0.1) is 18.4 Å². The van der Waals surface area contributed by atoms with E-state index in [1.54, 1.807) is 0 Å². The summed E-state index contributed by atoms with van der Waals surface area (Å²) in [5.74, 6) is -1.38. The van der Waals surface area contributed by atoms with E-state index in [0.29, 0.717) is 0 Å². The summed E-state index contributed by atoms with van der Waals surface area (Å²) in [5, 5.41) is 3.76. The summed E-state index contributed by atoms with van der Waals surface area (Å²) >= 11 is 0. The largest absolute Gasteiger partial charge is 0.397 e. The minimum absolute atomic E-state index is 0.0643. The van der Waals surface area contributed by atoms with Crippen LogP contribution in [0.5, 0.6) is 0 Å². The highest BCUT2D eigenvalue weighted by molar-refractivity contribution is 5.31. The van der Waals surface area contributed by atoms with E-state index in [9.17, 15) is 13.6 Å². The van der Waals surface area contributed by atoms with E-state index in [4.69, 9.17) is 5.73 Å². The van der Waals surface area contributed by atoms with Gasteiger partial charge in [-0.2, -0.15) is 5.10 Å². The SMILES string of the molecule is Nc1cnn(Cc2ccc(F)cc2F)c(=O)c1. The van der Waals surface area contributed by atoms with Crippen LogP contribution in [0, 0.1) is 11.6 Å². The van der Waals surface area contributed by atoms with Gasteiger partial charge in [-0.25, -0.2) is 13.5 Å². The van der Waals surface area contributed by atoms with Gasteiger partial charge >= 0.3 is 0 Å². The summed E-state index contributed by atoms with van der Waals surface area (Å²) in [6, 6.07) is 4.35. The average Bonchev–Trinajstić information content (AvgIpc) is 2.25. The molecule has 0 unspecified atom stereocenters. The molecule has 0 saturated carbocycles. The third-order valence-corrected chi connectivity index (χ3v) is 2.23. The number of hydrogen-bond acceptors (Lipinski definition) is 3. The van der Waals surface area contributed by atoms with E-state index in [2.05, 4.69) is 5.10 Å². The van der Waals surface area contributed by atoms with Gasteiger partial charge in [0, 0.05) is 17.7 Å². The van der Waals surface area contributed by atoms with Crippen LogP contribution in [0.25, 0.3) is 0 Å². The van der Waals surface area contributed by atoms with E-state index in [0.717, 1.165) is 16.8 Å². The van der Waals surface area contributed by atoms with Crippen molar-refractivity contribution >= 4 is 5.69 Å². The van der Waals surface area contributed by atoms with Crippen LogP contribution in [0.2, 0.25) is 0 Å². The number of nitrogens with zero attached hydrogens (tertiary/aromatic N) is 2. The Bertz CT molecular complexity index is 610. The monoisotopic (exact) mass is 237 g/mol. The molecule has 88 valence electrons. The van der Waals surface area contributed by atoms with Crippen LogP contribution in [0.1, 0.15) is 5.56 Å². The molecule has 0 fully saturated rings. The smallest absolute Gasteiger partial charge is 0.269 e.